The summed E-state index contributed by atoms with van der Waals surface area (Å²) in [5, 5.41) is 1.98. The Morgan fingerprint density at radius 1 is 1.40 bits per heavy atom. The average molecular weight is 223 g/mol. The van der Waals surface area contributed by atoms with Crippen LogP contribution in [0.15, 0.2) is 18.2 Å². The molecule has 2 rings (SSSR count). The predicted molar refractivity (Wildman–Crippen MR) is 65.3 cm³/mol. The van der Waals surface area contributed by atoms with Gasteiger partial charge in [-0.25, -0.2) is 0 Å². The van der Waals surface area contributed by atoms with Crippen LogP contribution in [0.2, 0.25) is 5.02 Å². The fraction of sp³-hybridized carbons (Fsp3) is 0.333. The number of nitrogens with one attached hydrogen (secondary N) is 1. The summed E-state index contributed by atoms with van der Waals surface area (Å²) < 4.78 is 0. The number of hydrogen-bond donors (Lipinski definition) is 2. The highest BCUT2D eigenvalue weighted by Gasteiger charge is 2.13. The van der Waals surface area contributed by atoms with E-state index in [0.29, 0.717) is 12.5 Å². The molecule has 3 heteroatoms. The molecule has 3 N–H and O–H groups in total. The minimum absolute atomic E-state index is 0.471. The number of aromatic nitrogens is 1. The lowest BCUT2D eigenvalue weighted by Gasteiger charge is -2.06. The van der Waals surface area contributed by atoms with Crippen LogP contribution in [0.4, 0.5) is 0 Å². The van der Waals surface area contributed by atoms with Gasteiger partial charge in [-0.3, -0.25) is 0 Å². The number of nitrogens with two attached hydrogens (primary N) is 1. The maximum absolute atomic E-state index is 5.95. The molecule has 0 spiro atoms. The van der Waals surface area contributed by atoms with Crippen molar-refractivity contribution in [1.29, 1.82) is 0 Å². The molecule has 0 bridgehead atoms. The van der Waals surface area contributed by atoms with E-state index in [1.807, 2.05) is 12.1 Å². The molecule has 0 fully saturated rings. The van der Waals surface area contributed by atoms with Crippen LogP contribution in [0.5, 0.6) is 0 Å². The molecule has 2 nitrogen and oxygen atoms in total. The Morgan fingerprint density at radius 3 is 2.73 bits per heavy atom. The third-order valence-corrected chi connectivity index (χ3v) is 2.90. The van der Waals surface area contributed by atoms with Crippen molar-refractivity contribution in [2.24, 2.45) is 5.73 Å². The maximum atomic E-state index is 5.95. The van der Waals surface area contributed by atoms with Gasteiger partial charge in [0.05, 0.1) is 0 Å². The van der Waals surface area contributed by atoms with Gasteiger partial charge in [0.25, 0.3) is 0 Å². The molecule has 0 radical (unpaired) electrons. The van der Waals surface area contributed by atoms with Crippen LogP contribution in [-0.4, -0.2) is 4.98 Å². The standard InChI is InChI=1S/C12H15ClN2/c1-7(2)12-9-4-3-8(13)5-10(9)15-11(12)6-14/h3-5,7,15H,6,14H2,1-2H3. The number of aromatic amines is 1. The molecule has 0 saturated heterocycles. The summed E-state index contributed by atoms with van der Waals surface area (Å²) in [7, 11) is 0. The molecular formula is C12H15ClN2. The third kappa shape index (κ3) is 1.75. The molecule has 2 aromatic rings. The van der Waals surface area contributed by atoms with Crippen LogP contribution in [0, 0.1) is 0 Å². The van der Waals surface area contributed by atoms with E-state index in [1.54, 1.807) is 0 Å². The van der Waals surface area contributed by atoms with Crippen LogP contribution in [0.3, 0.4) is 0 Å². The second-order valence-corrected chi connectivity index (χ2v) is 4.50. The van der Waals surface area contributed by atoms with E-state index in [4.69, 9.17) is 17.3 Å². The third-order valence-electron chi connectivity index (χ3n) is 2.66. The van der Waals surface area contributed by atoms with Gasteiger partial charge < -0.3 is 10.7 Å². The minimum Gasteiger partial charge on any atom is -0.357 e. The van der Waals surface area contributed by atoms with Crippen LogP contribution in [-0.2, 0) is 6.54 Å². The highest BCUT2D eigenvalue weighted by molar-refractivity contribution is 6.31. The summed E-state index contributed by atoms with van der Waals surface area (Å²) in [5.41, 5.74) is 9.22. The molecule has 0 amide bonds. The topological polar surface area (TPSA) is 41.8 Å². The lowest BCUT2D eigenvalue weighted by molar-refractivity contribution is 0.841. The average Bonchev–Trinajstić information content (AvgIpc) is 2.54. The summed E-state index contributed by atoms with van der Waals surface area (Å²) in [6, 6.07) is 5.93. The first-order valence-corrected chi connectivity index (χ1v) is 5.51. The Labute approximate surface area is 94.4 Å². The van der Waals surface area contributed by atoms with Crippen molar-refractivity contribution < 1.29 is 0 Å². The van der Waals surface area contributed by atoms with Crippen LogP contribution < -0.4 is 5.73 Å². The molecule has 15 heavy (non-hydrogen) atoms. The van der Waals surface area contributed by atoms with E-state index in [2.05, 4.69) is 24.9 Å². The van der Waals surface area contributed by atoms with Gasteiger partial charge in [-0.2, -0.15) is 0 Å². The van der Waals surface area contributed by atoms with E-state index in [-0.39, 0.29) is 0 Å². The quantitative estimate of drug-likeness (QED) is 0.804. The zero-order valence-electron chi connectivity index (χ0n) is 8.97. The molecule has 0 atom stereocenters. The van der Waals surface area contributed by atoms with Crippen molar-refractivity contribution in [3.8, 4) is 0 Å². The molecule has 0 aliphatic heterocycles. The fourth-order valence-corrected chi connectivity index (χ4v) is 2.24. The lowest BCUT2D eigenvalue weighted by Crippen LogP contribution is -2.01. The first-order valence-electron chi connectivity index (χ1n) is 5.13. The van der Waals surface area contributed by atoms with Gasteiger partial charge in [0.1, 0.15) is 0 Å². The van der Waals surface area contributed by atoms with Gasteiger partial charge >= 0.3 is 0 Å². The molecule has 0 unspecified atom stereocenters. The molecule has 1 aromatic carbocycles. The van der Waals surface area contributed by atoms with Crippen LogP contribution in [0.25, 0.3) is 10.9 Å². The minimum atomic E-state index is 0.471. The SMILES string of the molecule is CC(C)c1c(CN)[nH]c2cc(Cl)ccc12. The Kier molecular flexibility index (Phi) is 2.72. The van der Waals surface area contributed by atoms with Gasteiger partial charge in [-0.05, 0) is 23.6 Å². The Bertz CT molecular complexity index is 486. The highest BCUT2D eigenvalue weighted by atomic mass is 35.5. The monoisotopic (exact) mass is 222 g/mol. The van der Waals surface area contributed by atoms with E-state index >= 15 is 0 Å². The molecule has 80 valence electrons. The fourth-order valence-electron chi connectivity index (χ4n) is 2.07. The number of rotatable bonds is 2. The maximum Gasteiger partial charge on any atom is 0.0474 e. The first-order chi connectivity index (χ1) is 7.13. The molecule has 0 aliphatic rings. The largest absolute Gasteiger partial charge is 0.357 e. The Balaban J connectivity index is 2.74. The summed E-state index contributed by atoms with van der Waals surface area (Å²) >= 11 is 5.95. The number of benzene rings is 1. The van der Waals surface area contributed by atoms with Gasteiger partial charge in [-0.1, -0.05) is 31.5 Å². The van der Waals surface area contributed by atoms with Crippen LogP contribution >= 0.6 is 11.6 Å². The summed E-state index contributed by atoms with van der Waals surface area (Å²) in [6.45, 7) is 4.90. The summed E-state index contributed by atoms with van der Waals surface area (Å²) in [5.74, 6) is 0.471. The lowest BCUT2D eigenvalue weighted by atomic mass is 9.99. The number of H-pyrrole nitrogens is 1. The molecule has 0 aliphatic carbocycles. The van der Waals surface area contributed by atoms with Gasteiger partial charge in [0.15, 0.2) is 0 Å². The number of halogens is 1. The molecule has 1 aromatic heterocycles. The van der Waals surface area contributed by atoms with Crippen molar-refractivity contribution in [3.63, 3.8) is 0 Å². The summed E-state index contributed by atoms with van der Waals surface area (Å²) in [4.78, 5) is 3.33. The van der Waals surface area contributed by atoms with Gasteiger partial charge in [-0.15, -0.1) is 0 Å². The molecular weight excluding hydrogens is 208 g/mol. The van der Waals surface area contributed by atoms with Crippen molar-refractivity contribution in [1.82, 2.24) is 4.98 Å². The van der Waals surface area contributed by atoms with Crippen molar-refractivity contribution in [3.05, 3.63) is 34.5 Å². The Hall–Kier alpha value is -0.990. The zero-order chi connectivity index (χ0) is 11.0. The van der Waals surface area contributed by atoms with E-state index < -0.39 is 0 Å². The second kappa shape index (κ2) is 3.87. The second-order valence-electron chi connectivity index (χ2n) is 4.07. The van der Waals surface area contributed by atoms with Gasteiger partial charge in [0.2, 0.25) is 0 Å². The van der Waals surface area contributed by atoms with E-state index in [1.165, 1.54) is 10.9 Å². The van der Waals surface area contributed by atoms with Crippen molar-refractivity contribution in [2.75, 3.05) is 0 Å². The molecule has 1 heterocycles. The number of hydrogen-bond acceptors (Lipinski definition) is 1. The Morgan fingerprint density at radius 2 is 2.13 bits per heavy atom. The van der Waals surface area contributed by atoms with Crippen molar-refractivity contribution >= 4 is 22.5 Å². The predicted octanol–water partition coefficient (Wildman–Crippen LogP) is 3.40. The summed E-state index contributed by atoms with van der Waals surface area (Å²) in [6.07, 6.45) is 0. The first kappa shape index (κ1) is 10.5. The number of fused-ring (bicyclic) bond motifs is 1. The highest BCUT2D eigenvalue weighted by Crippen LogP contribution is 2.30. The smallest absolute Gasteiger partial charge is 0.0474 e. The zero-order valence-corrected chi connectivity index (χ0v) is 9.73. The van der Waals surface area contributed by atoms with E-state index in [9.17, 15) is 0 Å². The van der Waals surface area contributed by atoms with Crippen molar-refractivity contribution in [2.45, 2.75) is 26.3 Å². The van der Waals surface area contributed by atoms with E-state index in [0.717, 1.165) is 16.2 Å². The van der Waals surface area contributed by atoms with Crippen LogP contribution in [0.1, 0.15) is 31.0 Å². The normalized spacial score (nSPS) is 11.5. The van der Waals surface area contributed by atoms with Gasteiger partial charge in [0, 0.05) is 28.2 Å². The molecule has 0 saturated carbocycles.